The summed E-state index contributed by atoms with van der Waals surface area (Å²) in [7, 11) is 0. The van der Waals surface area contributed by atoms with Gasteiger partial charge in [0.15, 0.2) is 0 Å². The highest BCUT2D eigenvalue weighted by molar-refractivity contribution is 5.31. The van der Waals surface area contributed by atoms with Gasteiger partial charge in [0, 0.05) is 12.7 Å². The standard InChI is InChI=1S/C16H22FN3/c1-4-7-18-16(15-6-8-19-20(15)5-2)13-9-12(3)10-14(17)11-13/h6,8-11,16,18H,4-5,7H2,1-3H3. The van der Waals surface area contributed by atoms with Crippen LogP contribution in [0.25, 0.3) is 0 Å². The molecule has 0 spiro atoms. The molecule has 0 saturated heterocycles. The number of halogens is 1. The Labute approximate surface area is 119 Å². The molecule has 0 aliphatic rings. The van der Waals surface area contributed by atoms with Crippen LogP contribution in [0.4, 0.5) is 4.39 Å². The molecular formula is C16H22FN3. The summed E-state index contributed by atoms with van der Waals surface area (Å²) in [6.45, 7) is 7.79. The Balaban J connectivity index is 2.41. The summed E-state index contributed by atoms with van der Waals surface area (Å²) in [4.78, 5) is 0. The number of hydrogen-bond donors (Lipinski definition) is 1. The van der Waals surface area contributed by atoms with Crippen LogP contribution < -0.4 is 5.32 Å². The van der Waals surface area contributed by atoms with E-state index in [1.165, 1.54) is 0 Å². The van der Waals surface area contributed by atoms with Gasteiger partial charge in [-0.2, -0.15) is 5.10 Å². The Hall–Kier alpha value is -1.68. The second-order valence-electron chi connectivity index (χ2n) is 5.02. The quantitative estimate of drug-likeness (QED) is 0.875. The van der Waals surface area contributed by atoms with Crippen molar-refractivity contribution in [1.29, 1.82) is 0 Å². The van der Waals surface area contributed by atoms with Crippen molar-refractivity contribution < 1.29 is 4.39 Å². The van der Waals surface area contributed by atoms with Crippen molar-refractivity contribution in [2.24, 2.45) is 0 Å². The zero-order chi connectivity index (χ0) is 14.5. The molecule has 20 heavy (non-hydrogen) atoms. The number of aromatic nitrogens is 2. The summed E-state index contributed by atoms with van der Waals surface area (Å²) in [5.41, 5.74) is 2.96. The minimum absolute atomic E-state index is 0.0215. The van der Waals surface area contributed by atoms with Crippen LogP contribution in [-0.2, 0) is 6.54 Å². The fourth-order valence-corrected chi connectivity index (χ4v) is 2.47. The van der Waals surface area contributed by atoms with Crippen LogP contribution in [0.5, 0.6) is 0 Å². The molecule has 1 N–H and O–H groups in total. The minimum Gasteiger partial charge on any atom is -0.305 e. The van der Waals surface area contributed by atoms with Crippen LogP contribution in [0.15, 0.2) is 30.5 Å². The average molecular weight is 275 g/mol. The maximum Gasteiger partial charge on any atom is 0.123 e. The van der Waals surface area contributed by atoms with E-state index < -0.39 is 0 Å². The molecule has 1 aromatic heterocycles. The minimum atomic E-state index is -0.189. The van der Waals surface area contributed by atoms with E-state index >= 15 is 0 Å². The summed E-state index contributed by atoms with van der Waals surface area (Å²) in [5.74, 6) is -0.189. The molecule has 3 nitrogen and oxygen atoms in total. The number of benzene rings is 1. The zero-order valence-electron chi connectivity index (χ0n) is 12.4. The number of nitrogens with one attached hydrogen (secondary N) is 1. The highest BCUT2D eigenvalue weighted by Gasteiger charge is 2.18. The van der Waals surface area contributed by atoms with E-state index in [0.29, 0.717) is 0 Å². The lowest BCUT2D eigenvalue weighted by atomic mass is 10.0. The van der Waals surface area contributed by atoms with Gasteiger partial charge in [-0.05, 0) is 56.1 Å². The second kappa shape index (κ2) is 6.66. The Morgan fingerprint density at radius 3 is 2.75 bits per heavy atom. The first-order valence-corrected chi connectivity index (χ1v) is 7.17. The van der Waals surface area contributed by atoms with E-state index in [-0.39, 0.29) is 11.9 Å². The largest absolute Gasteiger partial charge is 0.305 e. The van der Waals surface area contributed by atoms with Crippen molar-refractivity contribution in [3.05, 3.63) is 53.1 Å². The van der Waals surface area contributed by atoms with Gasteiger partial charge < -0.3 is 5.32 Å². The van der Waals surface area contributed by atoms with Gasteiger partial charge in [0.05, 0.1) is 11.7 Å². The molecule has 0 aliphatic carbocycles. The molecule has 0 bridgehead atoms. The van der Waals surface area contributed by atoms with E-state index in [9.17, 15) is 4.39 Å². The smallest absolute Gasteiger partial charge is 0.123 e. The van der Waals surface area contributed by atoms with Gasteiger partial charge in [-0.25, -0.2) is 4.39 Å². The topological polar surface area (TPSA) is 29.9 Å². The van der Waals surface area contributed by atoms with E-state index in [1.54, 1.807) is 18.3 Å². The van der Waals surface area contributed by atoms with Crippen molar-refractivity contribution in [1.82, 2.24) is 15.1 Å². The molecular weight excluding hydrogens is 253 g/mol. The summed E-state index contributed by atoms with van der Waals surface area (Å²) in [6.07, 6.45) is 2.83. The Kier molecular flexibility index (Phi) is 4.90. The Morgan fingerprint density at radius 2 is 2.10 bits per heavy atom. The molecule has 0 saturated carbocycles. The van der Waals surface area contributed by atoms with Crippen molar-refractivity contribution >= 4 is 0 Å². The van der Waals surface area contributed by atoms with E-state index in [1.807, 2.05) is 23.7 Å². The third-order valence-electron chi connectivity index (χ3n) is 3.34. The molecule has 1 unspecified atom stereocenters. The molecule has 1 heterocycles. The molecule has 0 aliphatic heterocycles. The molecule has 2 aromatic rings. The Morgan fingerprint density at radius 1 is 1.30 bits per heavy atom. The molecule has 0 fully saturated rings. The van der Waals surface area contributed by atoms with Crippen molar-refractivity contribution in [3.63, 3.8) is 0 Å². The van der Waals surface area contributed by atoms with E-state index in [2.05, 4.69) is 24.3 Å². The maximum absolute atomic E-state index is 13.7. The maximum atomic E-state index is 13.7. The fourth-order valence-electron chi connectivity index (χ4n) is 2.47. The van der Waals surface area contributed by atoms with Gasteiger partial charge in [0.2, 0.25) is 0 Å². The molecule has 0 amide bonds. The van der Waals surface area contributed by atoms with E-state index in [4.69, 9.17) is 0 Å². The van der Waals surface area contributed by atoms with E-state index in [0.717, 1.165) is 36.3 Å². The summed E-state index contributed by atoms with van der Waals surface area (Å²) in [5, 5.41) is 7.81. The first kappa shape index (κ1) is 14.7. The van der Waals surface area contributed by atoms with Gasteiger partial charge in [0.25, 0.3) is 0 Å². The second-order valence-corrected chi connectivity index (χ2v) is 5.02. The third kappa shape index (κ3) is 3.25. The van der Waals surface area contributed by atoms with Gasteiger partial charge in [-0.1, -0.05) is 13.0 Å². The SMILES string of the molecule is CCCNC(c1cc(C)cc(F)c1)c1ccnn1CC. The highest BCUT2D eigenvalue weighted by Crippen LogP contribution is 2.24. The molecule has 2 rings (SSSR count). The number of rotatable bonds is 6. The zero-order valence-corrected chi connectivity index (χ0v) is 12.4. The lowest BCUT2D eigenvalue weighted by Crippen LogP contribution is -2.26. The van der Waals surface area contributed by atoms with Crippen LogP contribution in [0.3, 0.4) is 0 Å². The van der Waals surface area contributed by atoms with Crippen molar-refractivity contribution in [2.75, 3.05) is 6.54 Å². The predicted octanol–water partition coefficient (Wildman–Crippen LogP) is 3.44. The van der Waals surface area contributed by atoms with Gasteiger partial charge >= 0.3 is 0 Å². The molecule has 4 heteroatoms. The summed E-state index contributed by atoms with van der Waals surface area (Å²) >= 11 is 0. The monoisotopic (exact) mass is 275 g/mol. The number of hydrogen-bond acceptors (Lipinski definition) is 2. The van der Waals surface area contributed by atoms with Crippen LogP contribution in [-0.4, -0.2) is 16.3 Å². The lowest BCUT2D eigenvalue weighted by Gasteiger charge is -2.20. The Bertz CT molecular complexity index is 542. The molecule has 1 aromatic carbocycles. The average Bonchev–Trinajstić information content (AvgIpc) is 2.86. The highest BCUT2D eigenvalue weighted by atomic mass is 19.1. The number of aryl methyl sites for hydroxylation is 2. The molecule has 0 radical (unpaired) electrons. The summed E-state index contributed by atoms with van der Waals surface area (Å²) in [6, 6.07) is 7.16. The van der Waals surface area contributed by atoms with Gasteiger partial charge in [-0.15, -0.1) is 0 Å². The first-order valence-electron chi connectivity index (χ1n) is 7.17. The van der Waals surface area contributed by atoms with Crippen molar-refractivity contribution in [2.45, 2.75) is 39.8 Å². The number of nitrogens with zero attached hydrogens (tertiary/aromatic N) is 2. The van der Waals surface area contributed by atoms with Crippen LogP contribution in [0, 0.1) is 12.7 Å². The van der Waals surface area contributed by atoms with Crippen LogP contribution >= 0.6 is 0 Å². The van der Waals surface area contributed by atoms with Crippen molar-refractivity contribution in [3.8, 4) is 0 Å². The predicted molar refractivity (Wildman–Crippen MR) is 79.2 cm³/mol. The van der Waals surface area contributed by atoms with Crippen LogP contribution in [0.1, 0.15) is 43.1 Å². The fraction of sp³-hybridized carbons (Fsp3) is 0.438. The van der Waals surface area contributed by atoms with Gasteiger partial charge in [-0.3, -0.25) is 4.68 Å². The van der Waals surface area contributed by atoms with Crippen LogP contribution in [0.2, 0.25) is 0 Å². The molecule has 1 atom stereocenters. The third-order valence-corrected chi connectivity index (χ3v) is 3.34. The summed E-state index contributed by atoms with van der Waals surface area (Å²) < 4.78 is 15.6. The lowest BCUT2D eigenvalue weighted by molar-refractivity contribution is 0.526. The first-order chi connectivity index (χ1) is 9.65. The van der Waals surface area contributed by atoms with Gasteiger partial charge in [0.1, 0.15) is 5.82 Å². The normalized spacial score (nSPS) is 12.6. The molecule has 108 valence electrons.